The van der Waals surface area contributed by atoms with Gasteiger partial charge in [0.15, 0.2) is 0 Å². The lowest BCUT2D eigenvalue weighted by Crippen LogP contribution is -2.53. The molecular formula is C19H26N2O. The number of rotatable bonds is 3. The van der Waals surface area contributed by atoms with Gasteiger partial charge in [0.25, 0.3) is 0 Å². The summed E-state index contributed by atoms with van der Waals surface area (Å²) in [7, 11) is 0. The minimum absolute atomic E-state index is 0.291. The van der Waals surface area contributed by atoms with Crippen LogP contribution in [0.5, 0.6) is 0 Å². The molecule has 3 aliphatic rings. The van der Waals surface area contributed by atoms with Gasteiger partial charge in [-0.15, -0.1) is 0 Å². The Balaban J connectivity index is 1.29. The number of carbonyl (C=O) groups excluding carboxylic acids is 1. The number of hydrogen-bond donors (Lipinski definition) is 0. The zero-order valence-corrected chi connectivity index (χ0v) is 13.3. The molecule has 3 atom stereocenters. The van der Waals surface area contributed by atoms with Crippen LogP contribution < -0.4 is 0 Å². The van der Waals surface area contributed by atoms with Crippen molar-refractivity contribution in [1.29, 1.82) is 0 Å². The summed E-state index contributed by atoms with van der Waals surface area (Å²) >= 11 is 0. The number of amides is 1. The van der Waals surface area contributed by atoms with Gasteiger partial charge in [0.05, 0.1) is 6.42 Å². The summed E-state index contributed by atoms with van der Waals surface area (Å²) < 4.78 is 0. The quantitative estimate of drug-likeness (QED) is 0.856. The second kappa shape index (κ2) is 6.04. The van der Waals surface area contributed by atoms with E-state index < -0.39 is 0 Å². The van der Waals surface area contributed by atoms with Gasteiger partial charge in [-0.3, -0.25) is 9.69 Å². The maximum atomic E-state index is 12.4. The Morgan fingerprint density at radius 2 is 1.77 bits per heavy atom. The van der Waals surface area contributed by atoms with Crippen molar-refractivity contribution in [3.05, 3.63) is 35.9 Å². The summed E-state index contributed by atoms with van der Waals surface area (Å²) in [6.07, 6.45) is 6.36. The first-order valence-electron chi connectivity index (χ1n) is 8.85. The average Bonchev–Trinajstić information content (AvgIpc) is 3.19. The van der Waals surface area contributed by atoms with Crippen LogP contribution in [0.15, 0.2) is 30.3 Å². The second-order valence-electron chi connectivity index (χ2n) is 7.32. The molecule has 3 fully saturated rings. The Labute approximate surface area is 133 Å². The van der Waals surface area contributed by atoms with E-state index in [-0.39, 0.29) is 0 Å². The molecular weight excluding hydrogens is 272 g/mol. The van der Waals surface area contributed by atoms with Gasteiger partial charge in [0.2, 0.25) is 5.91 Å². The third-order valence-corrected chi connectivity index (χ3v) is 6.03. The molecule has 3 nitrogen and oxygen atoms in total. The molecule has 22 heavy (non-hydrogen) atoms. The normalized spacial score (nSPS) is 31.6. The lowest BCUT2D eigenvalue weighted by molar-refractivity contribution is -0.132. The largest absolute Gasteiger partial charge is 0.340 e. The fourth-order valence-electron chi connectivity index (χ4n) is 4.84. The molecule has 0 unspecified atom stereocenters. The highest BCUT2D eigenvalue weighted by Gasteiger charge is 2.42. The van der Waals surface area contributed by atoms with Gasteiger partial charge in [-0.05, 0) is 36.7 Å². The molecule has 1 amide bonds. The lowest BCUT2D eigenvalue weighted by Gasteiger charge is -2.41. The molecule has 1 saturated heterocycles. The Kier molecular flexibility index (Phi) is 3.91. The Bertz CT molecular complexity index is 521. The zero-order valence-electron chi connectivity index (χ0n) is 13.3. The molecule has 0 N–H and O–H groups in total. The third kappa shape index (κ3) is 2.79. The SMILES string of the molecule is O=C(Cc1ccccc1)N1CCN([C@H]2C[C@@H]3CC[C@@H]2C3)CC1. The molecule has 1 heterocycles. The van der Waals surface area contributed by atoms with Gasteiger partial charge >= 0.3 is 0 Å². The van der Waals surface area contributed by atoms with Crippen LogP contribution in [0, 0.1) is 11.8 Å². The van der Waals surface area contributed by atoms with E-state index in [1.54, 1.807) is 0 Å². The van der Waals surface area contributed by atoms with Crippen molar-refractivity contribution in [3.63, 3.8) is 0 Å². The van der Waals surface area contributed by atoms with Crippen molar-refractivity contribution in [1.82, 2.24) is 9.80 Å². The number of carbonyl (C=O) groups is 1. The van der Waals surface area contributed by atoms with Crippen LogP contribution in [0.25, 0.3) is 0 Å². The molecule has 1 aromatic rings. The number of piperazine rings is 1. The highest BCUT2D eigenvalue weighted by molar-refractivity contribution is 5.78. The van der Waals surface area contributed by atoms with Gasteiger partial charge in [0, 0.05) is 32.2 Å². The van der Waals surface area contributed by atoms with Gasteiger partial charge in [-0.1, -0.05) is 36.8 Å². The van der Waals surface area contributed by atoms with Crippen LogP contribution in [0.4, 0.5) is 0 Å². The van der Waals surface area contributed by atoms with Crippen molar-refractivity contribution in [3.8, 4) is 0 Å². The maximum absolute atomic E-state index is 12.4. The highest BCUT2D eigenvalue weighted by atomic mass is 16.2. The van der Waals surface area contributed by atoms with Gasteiger partial charge in [-0.25, -0.2) is 0 Å². The molecule has 2 bridgehead atoms. The van der Waals surface area contributed by atoms with E-state index in [0.717, 1.165) is 49.6 Å². The summed E-state index contributed by atoms with van der Waals surface area (Å²) in [6, 6.07) is 10.9. The van der Waals surface area contributed by atoms with E-state index in [2.05, 4.69) is 9.80 Å². The summed E-state index contributed by atoms with van der Waals surface area (Å²) in [5.41, 5.74) is 1.13. The van der Waals surface area contributed by atoms with E-state index in [0.29, 0.717) is 12.3 Å². The zero-order chi connectivity index (χ0) is 14.9. The third-order valence-electron chi connectivity index (χ3n) is 6.03. The number of fused-ring (bicyclic) bond motifs is 2. The van der Waals surface area contributed by atoms with E-state index in [1.807, 2.05) is 30.3 Å². The fraction of sp³-hybridized carbons (Fsp3) is 0.632. The average molecular weight is 298 g/mol. The lowest BCUT2D eigenvalue weighted by atomic mass is 9.93. The molecule has 0 aromatic heterocycles. The first-order valence-corrected chi connectivity index (χ1v) is 8.85. The summed E-state index contributed by atoms with van der Waals surface area (Å²) in [5, 5.41) is 0. The second-order valence-corrected chi connectivity index (χ2v) is 7.32. The molecule has 4 rings (SSSR count). The first-order chi connectivity index (χ1) is 10.8. The van der Waals surface area contributed by atoms with Crippen LogP contribution >= 0.6 is 0 Å². The van der Waals surface area contributed by atoms with Gasteiger partial charge < -0.3 is 4.90 Å². The van der Waals surface area contributed by atoms with Crippen LogP contribution in [0.3, 0.4) is 0 Å². The maximum Gasteiger partial charge on any atom is 0.227 e. The predicted octanol–water partition coefficient (Wildman–Crippen LogP) is 2.56. The van der Waals surface area contributed by atoms with Crippen molar-refractivity contribution < 1.29 is 4.79 Å². The molecule has 2 aliphatic carbocycles. The molecule has 2 saturated carbocycles. The Morgan fingerprint density at radius 1 is 1.00 bits per heavy atom. The monoisotopic (exact) mass is 298 g/mol. The van der Waals surface area contributed by atoms with Gasteiger partial charge in [-0.2, -0.15) is 0 Å². The van der Waals surface area contributed by atoms with Crippen LogP contribution in [0.2, 0.25) is 0 Å². The van der Waals surface area contributed by atoms with Crippen molar-refractivity contribution in [2.75, 3.05) is 26.2 Å². The molecule has 0 radical (unpaired) electrons. The topological polar surface area (TPSA) is 23.6 Å². The minimum Gasteiger partial charge on any atom is -0.340 e. The minimum atomic E-state index is 0.291. The standard InChI is InChI=1S/C19H26N2O/c22-19(14-15-4-2-1-3-5-15)21-10-8-20(9-11-21)18-13-16-6-7-17(18)12-16/h1-5,16-18H,6-14H2/t16-,17-,18+/m1/s1. The van der Waals surface area contributed by atoms with E-state index in [1.165, 1.54) is 25.7 Å². The Hall–Kier alpha value is -1.35. The molecule has 3 heteroatoms. The summed E-state index contributed by atoms with van der Waals surface area (Å²) in [6.45, 7) is 3.99. The fourth-order valence-corrected chi connectivity index (χ4v) is 4.84. The van der Waals surface area contributed by atoms with Crippen molar-refractivity contribution >= 4 is 5.91 Å². The van der Waals surface area contributed by atoms with Crippen molar-refractivity contribution in [2.24, 2.45) is 11.8 Å². The first kappa shape index (κ1) is 14.3. The smallest absolute Gasteiger partial charge is 0.227 e. The van der Waals surface area contributed by atoms with Gasteiger partial charge in [0.1, 0.15) is 0 Å². The summed E-state index contributed by atoms with van der Waals surface area (Å²) in [5.74, 6) is 2.25. The van der Waals surface area contributed by atoms with Crippen LogP contribution in [0.1, 0.15) is 31.2 Å². The summed E-state index contributed by atoms with van der Waals surface area (Å²) in [4.78, 5) is 17.2. The van der Waals surface area contributed by atoms with E-state index in [4.69, 9.17) is 0 Å². The van der Waals surface area contributed by atoms with Crippen LogP contribution in [-0.2, 0) is 11.2 Å². The molecule has 1 aromatic carbocycles. The van der Waals surface area contributed by atoms with Crippen LogP contribution in [-0.4, -0.2) is 47.9 Å². The number of benzene rings is 1. The van der Waals surface area contributed by atoms with E-state index >= 15 is 0 Å². The molecule has 118 valence electrons. The highest BCUT2D eigenvalue weighted by Crippen LogP contribution is 2.46. The molecule has 0 spiro atoms. The van der Waals surface area contributed by atoms with Crippen molar-refractivity contribution in [2.45, 2.75) is 38.1 Å². The molecule has 1 aliphatic heterocycles. The number of hydrogen-bond acceptors (Lipinski definition) is 2. The number of nitrogens with zero attached hydrogens (tertiary/aromatic N) is 2. The van der Waals surface area contributed by atoms with E-state index in [9.17, 15) is 4.79 Å². The Morgan fingerprint density at radius 3 is 2.41 bits per heavy atom. The predicted molar refractivity (Wildman–Crippen MR) is 87.5 cm³/mol.